The first kappa shape index (κ1) is 16.3. The van der Waals surface area contributed by atoms with E-state index in [0.29, 0.717) is 17.8 Å². The predicted molar refractivity (Wildman–Crippen MR) is 80.4 cm³/mol. The molecular formula is C17H30O2. The Kier molecular flexibility index (Phi) is 5.26. The maximum Gasteiger partial charge on any atom is 0.110 e. The van der Waals surface area contributed by atoms with Gasteiger partial charge in [-0.1, -0.05) is 41.5 Å². The first-order valence-electron chi connectivity index (χ1n) is 7.66. The van der Waals surface area contributed by atoms with E-state index in [9.17, 15) is 5.11 Å². The minimum Gasteiger partial charge on any atom is -0.465 e. The summed E-state index contributed by atoms with van der Waals surface area (Å²) in [4.78, 5) is 0. The fourth-order valence-electron chi connectivity index (χ4n) is 2.74. The van der Waals surface area contributed by atoms with E-state index in [4.69, 9.17) is 4.42 Å². The highest BCUT2D eigenvalue weighted by molar-refractivity contribution is 5.31. The van der Waals surface area contributed by atoms with Crippen LogP contribution in [0.4, 0.5) is 0 Å². The molecule has 1 aromatic rings. The molecule has 1 heterocycles. The van der Waals surface area contributed by atoms with Gasteiger partial charge in [0.25, 0.3) is 0 Å². The van der Waals surface area contributed by atoms with Crippen molar-refractivity contribution in [3.8, 4) is 0 Å². The van der Waals surface area contributed by atoms with Gasteiger partial charge in [0.15, 0.2) is 0 Å². The van der Waals surface area contributed by atoms with Gasteiger partial charge < -0.3 is 9.52 Å². The lowest BCUT2D eigenvalue weighted by molar-refractivity contribution is 0.00869. The Morgan fingerprint density at radius 1 is 1.26 bits per heavy atom. The van der Waals surface area contributed by atoms with Crippen molar-refractivity contribution in [3.05, 3.63) is 23.2 Å². The number of aliphatic hydroxyl groups is 1. The van der Waals surface area contributed by atoms with Crippen LogP contribution in [0, 0.1) is 11.8 Å². The maximum absolute atomic E-state index is 10.6. The summed E-state index contributed by atoms with van der Waals surface area (Å²) in [6.45, 7) is 14.6. The SMILES string of the molecule is CC.CC(C)c1cc2c(o1)CC(C(C)C)CC2(C)O. The third kappa shape index (κ3) is 3.42. The summed E-state index contributed by atoms with van der Waals surface area (Å²) in [5, 5.41) is 10.6. The molecule has 0 radical (unpaired) electrons. The summed E-state index contributed by atoms with van der Waals surface area (Å²) >= 11 is 0. The third-order valence-electron chi connectivity index (χ3n) is 4.03. The smallest absolute Gasteiger partial charge is 0.110 e. The highest BCUT2D eigenvalue weighted by atomic mass is 16.3. The summed E-state index contributed by atoms with van der Waals surface area (Å²) in [6, 6.07) is 2.05. The molecule has 0 aliphatic heterocycles. The monoisotopic (exact) mass is 266 g/mol. The van der Waals surface area contributed by atoms with Gasteiger partial charge in [-0.25, -0.2) is 0 Å². The average molecular weight is 266 g/mol. The summed E-state index contributed by atoms with van der Waals surface area (Å²) in [6.07, 6.45) is 1.81. The molecule has 0 amide bonds. The molecule has 2 unspecified atom stereocenters. The van der Waals surface area contributed by atoms with E-state index in [1.165, 1.54) is 0 Å². The van der Waals surface area contributed by atoms with Crippen molar-refractivity contribution < 1.29 is 9.52 Å². The van der Waals surface area contributed by atoms with Crippen LogP contribution in [0.3, 0.4) is 0 Å². The normalized spacial score (nSPS) is 26.1. The first-order valence-corrected chi connectivity index (χ1v) is 7.66. The van der Waals surface area contributed by atoms with Crippen LogP contribution in [0.1, 0.15) is 77.9 Å². The molecule has 0 saturated heterocycles. The minimum atomic E-state index is -0.723. The molecule has 0 fully saturated rings. The first-order chi connectivity index (χ1) is 8.81. The van der Waals surface area contributed by atoms with Crippen molar-refractivity contribution in [3.63, 3.8) is 0 Å². The van der Waals surface area contributed by atoms with Crippen LogP contribution in [0.2, 0.25) is 0 Å². The van der Waals surface area contributed by atoms with Gasteiger partial charge in [0, 0.05) is 17.9 Å². The molecule has 1 aromatic heterocycles. The second-order valence-electron chi connectivity index (χ2n) is 6.33. The predicted octanol–water partition coefficient (Wildman–Crippen LogP) is 4.86. The summed E-state index contributed by atoms with van der Waals surface area (Å²) in [7, 11) is 0. The zero-order chi connectivity index (χ0) is 14.8. The van der Waals surface area contributed by atoms with E-state index in [-0.39, 0.29) is 0 Å². The molecule has 0 saturated carbocycles. The topological polar surface area (TPSA) is 33.4 Å². The molecule has 19 heavy (non-hydrogen) atoms. The van der Waals surface area contributed by atoms with Gasteiger partial charge in [-0.3, -0.25) is 0 Å². The van der Waals surface area contributed by atoms with Crippen LogP contribution in [-0.2, 0) is 12.0 Å². The maximum atomic E-state index is 10.6. The zero-order valence-corrected chi connectivity index (χ0v) is 13.6. The molecule has 1 aliphatic rings. The summed E-state index contributed by atoms with van der Waals surface area (Å²) in [5.41, 5.74) is 0.289. The van der Waals surface area contributed by atoms with Crippen LogP contribution < -0.4 is 0 Å². The average Bonchev–Trinajstić information content (AvgIpc) is 2.76. The van der Waals surface area contributed by atoms with Gasteiger partial charge in [-0.2, -0.15) is 0 Å². The molecule has 2 nitrogen and oxygen atoms in total. The molecule has 110 valence electrons. The fourth-order valence-corrected chi connectivity index (χ4v) is 2.74. The number of rotatable bonds is 2. The molecule has 1 aliphatic carbocycles. The van der Waals surface area contributed by atoms with Crippen LogP contribution >= 0.6 is 0 Å². The van der Waals surface area contributed by atoms with Gasteiger partial charge in [-0.05, 0) is 31.2 Å². The number of furan rings is 1. The van der Waals surface area contributed by atoms with Gasteiger partial charge in [0.05, 0.1) is 5.60 Å². The fraction of sp³-hybridized carbons (Fsp3) is 0.765. The molecule has 2 atom stereocenters. The zero-order valence-electron chi connectivity index (χ0n) is 13.6. The summed E-state index contributed by atoms with van der Waals surface area (Å²) in [5.74, 6) is 3.49. The van der Waals surface area contributed by atoms with E-state index in [1.54, 1.807) is 0 Å². The quantitative estimate of drug-likeness (QED) is 0.829. The van der Waals surface area contributed by atoms with E-state index in [2.05, 4.69) is 33.8 Å². The van der Waals surface area contributed by atoms with Crippen molar-refractivity contribution in [2.45, 2.75) is 72.8 Å². The molecule has 0 spiro atoms. The van der Waals surface area contributed by atoms with Gasteiger partial charge >= 0.3 is 0 Å². The molecule has 2 heteroatoms. The Morgan fingerprint density at radius 2 is 1.84 bits per heavy atom. The number of hydrogen-bond donors (Lipinski definition) is 1. The third-order valence-corrected chi connectivity index (χ3v) is 4.03. The standard InChI is InChI=1S/C15H24O2.C2H6/c1-9(2)11-6-14-12(15(5,16)8-11)7-13(17-14)10(3)4;1-2/h7,9-11,16H,6,8H2,1-5H3;1-2H3. The second kappa shape index (κ2) is 6.13. The van der Waals surface area contributed by atoms with Crippen LogP contribution in [0.25, 0.3) is 0 Å². The molecule has 0 aromatic carbocycles. The van der Waals surface area contributed by atoms with E-state index in [0.717, 1.165) is 29.9 Å². The van der Waals surface area contributed by atoms with Gasteiger partial charge in [-0.15, -0.1) is 0 Å². The number of fused-ring (bicyclic) bond motifs is 1. The van der Waals surface area contributed by atoms with Gasteiger partial charge in [0.2, 0.25) is 0 Å². The molecule has 0 bridgehead atoms. The van der Waals surface area contributed by atoms with Gasteiger partial charge in [0.1, 0.15) is 11.5 Å². The van der Waals surface area contributed by atoms with Crippen molar-refractivity contribution >= 4 is 0 Å². The number of hydrogen-bond acceptors (Lipinski definition) is 2. The van der Waals surface area contributed by atoms with Crippen LogP contribution in [0.5, 0.6) is 0 Å². The Morgan fingerprint density at radius 3 is 2.32 bits per heavy atom. The van der Waals surface area contributed by atoms with Crippen molar-refractivity contribution in [1.29, 1.82) is 0 Å². The molecular weight excluding hydrogens is 236 g/mol. The summed E-state index contributed by atoms with van der Waals surface area (Å²) < 4.78 is 5.92. The lowest BCUT2D eigenvalue weighted by atomic mass is 9.74. The Bertz CT molecular complexity index is 399. The van der Waals surface area contributed by atoms with E-state index < -0.39 is 5.60 Å². The highest BCUT2D eigenvalue weighted by Gasteiger charge is 2.38. The Labute approximate surface area is 118 Å². The van der Waals surface area contributed by atoms with Crippen molar-refractivity contribution in [2.24, 2.45) is 11.8 Å². The lowest BCUT2D eigenvalue weighted by Crippen LogP contribution is -2.33. The highest BCUT2D eigenvalue weighted by Crippen LogP contribution is 2.42. The molecule has 1 N–H and O–H groups in total. The largest absolute Gasteiger partial charge is 0.465 e. The van der Waals surface area contributed by atoms with E-state index in [1.807, 2.05) is 20.8 Å². The second-order valence-corrected chi connectivity index (χ2v) is 6.33. The van der Waals surface area contributed by atoms with Crippen molar-refractivity contribution in [1.82, 2.24) is 0 Å². The molecule has 2 rings (SSSR count). The Balaban J connectivity index is 0.000000861. The van der Waals surface area contributed by atoms with Crippen LogP contribution in [0.15, 0.2) is 10.5 Å². The minimum absolute atomic E-state index is 0.383. The van der Waals surface area contributed by atoms with Crippen LogP contribution in [-0.4, -0.2) is 5.11 Å². The Hall–Kier alpha value is -0.760. The van der Waals surface area contributed by atoms with E-state index >= 15 is 0 Å². The lowest BCUT2D eigenvalue weighted by Gasteiger charge is -2.35. The van der Waals surface area contributed by atoms with Crippen molar-refractivity contribution in [2.75, 3.05) is 0 Å².